The first-order chi connectivity index (χ1) is 14.5. The third-order valence-electron chi connectivity index (χ3n) is 4.62. The van der Waals surface area contributed by atoms with E-state index in [0.29, 0.717) is 16.0 Å². The molecule has 0 spiro atoms. The van der Waals surface area contributed by atoms with E-state index < -0.39 is 18.5 Å². The fourth-order valence-corrected chi connectivity index (χ4v) is 3.78. The Hall–Kier alpha value is -3.46. The Bertz CT molecular complexity index is 1240. The van der Waals surface area contributed by atoms with Crippen LogP contribution in [0.15, 0.2) is 57.3 Å². The molecule has 1 atom stereocenters. The number of carbonyl (C=O) groups excluding carboxylic acids is 2. The topological polar surface area (TPSA) is 103 Å². The second kappa shape index (κ2) is 8.50. The van der Waals surface area contributed by atoms with Crippen molar-refractivity contribution < 1.29 is 18.7 Å². The van der Waals surface area contributed by atoms with E-state index in [4.69, 9.17) is 9.15 Å². The zero-order chi connectivity index (χ0) is 21.1. The third kappa shape index (κ3) is 4.25. The molecule has 1 aromatic carbocycles. The lowest BCUT2D eigenvalue weighted by atomic mass is 10.2. The highest BCUT2D eigenvalue weighted by molar-refractivity contribution is 7.16. The average Bonchev–Trinajstić information content (AvgIpc) is 3.39. The van der Waals surface area contributed by atoms with E-state index in [2.05, 4.69) is 10.3 Å². The number of nitrogens with zero attached hydrogens (tertiary/aromatic N) is 2. The number of para-hydroxylation sites is 1. The second-order valence-electron chi connectivity index (χ2n) is 6.77. The summed E-state index contributed by atoms with van der Waals surface area (Å²) in [5.41, 5.74) is 0.539. The van der Waals surface area contributed by atoms with Crippen LogP contribution in [0.1, 0.15) is 25.1 Å². The molecule has 3 aromatic heterocycles. The summed E-state index contributed by atoms with van der Waals surface area (Å²) >= 11 is 1.38. The molecule has 0 fully saturated rings. The van der Waals surface area contributed by atoms with E-state index in [9.17, 15) is 14.4 Å². The summed E-state index contributed by atoms with van der Waals surface area (Å²) in [6, 6.07) is 10.8. The third-order valence-corrected chi connectivity index (χ3v) is 5.44. The standard InChI is InChI=1S/C21H19N3O5S/c1-13(17-10-14-4-2-3-5-16(14)29-17)23-18(25)11-28-19(26)6-8-24-12-22-20-15(21(24)27)7-9-30-20/h2-5,7,9-10,12-13H,6,8,11H2,1H3,(H,23,25)/t13-/m0/s1. The molecule has 4 aromatic rings. The van der Waals surface area contributed by atoms with Gasteiger partial charge in [-0.3, -0.25) is 19.0 Å². The molecular formula is C21H19N3O5S. The number of amides is 1. The van der Waals surface area contributed by atoms with Crippen LogP contribution in [0.5, 0.6) is 0 Å². The molecule has 0 unspecified atom stereocenters. The van der Waals surface area contributed by atoms with Crippen molar-refractivity contribution in [1.82, 2.24) is 14.9 Å². The molecule has 0 bridgehead atoms. The zero-order valence-electron chi connectivity index (χ0n) is 16.2. The number of aromatic nitrogens is 2. The number of fused-ring (bicyclic) bond motifs is 2. The zero-order valence-corrected chi connectivity index (χ0v) is 17.0. The molecule has 154 valence electrons. The first kappa shape index (κ1) is 19.8. The number of rotatable bonds is 7. The quantitative estimate of drug-likeness (QED) is 0.457. The van der Waals surface area contributed by atoms with Gasteiger partial charge < -0.3 is 14.5 Å². The summed E-state index contributed by atoms with van der Waals surface area (Å²) in [6.07, 6.45) is 1.37. The van der Waals surface area contributed by atoms with Gasteiger partial charge in [0.1, 0.15) is 16.2 Å². The van der Waals surface area contributed by atoms with Gasteiger partial charge in [-0.15, -0.1) is 11.3 Å². The maximum atomic E-state index is 12.3. The Labute approximate surface area is 175 Å². The molecule has 0 aliphatic rings. The lowest BCUT2D eigenvalue weighted by Gasteiger charge is -2.11. The van der Waals surface area contributed by atoms with Gasteiger partial charge in [0.05, 0.1) is 24.2 Å². The Morgan fingerprint density at radius 1 is 1.30 bits per heavy atom. The van der Waals surface area contributed by atoms with Gasteiger partial charge in [0.2, 0.25) is 0 Å². The highest BCUT2D eigenvalue weighted by Gasteiger charge is 2.16. The molecule has 9 heteroatoms. The van der Waals surface area contributed by atoms with E-state index in [1.807, 2.05) is 30.3 Å². The van der Waals surface area contributed by atoms with Crippen molar-refractivity contribution >= 4 is 44.4 Å². The van der Waals surface area contributed by atoms with E-state index >= 15 is 0 Å². The number of nitrogens with one attached hydrogen (secondary N) is 1. The lowest BCUT2D eigenvalue weighted by molar-refractivity contribution is -0.149. The highest BCUT2D eigenvalue weighted by Crippen LogP contribution is 2.23. The average molecular weight is 425 g/mol. The number of carbonyl (C=O) groups is 2. The monoisotopic (exact) mass is 425 g/mol. The molecule has 0 aliphatic heterocycles. The number of hydrogen-bond donors (Lipinski definition) is 1. The number of aryl methyl sites for hydroxylation is 1. The van der Waals surface area contributed by atoms with Crippen LogP contribution < -0.4 is 10.9 Å². The van der Waals surface area contributed by atoms with Crippen LogP contribution in [0, 0.1) is 0 Å². The van der Waals surface area contributed by atoms with E-state index in [-0.39, 0.29) is 24.6 Å². The van der Waals surface area contributed by atoms with Gasteiger partial charge in [-0.1, -0.05) is 18.2 Å². The van der Waals surface area contributed by atoms with Crippen molar-refractivity contribution in [3.8, 4) is 0 Å². The number of ether oxygens (including phenoxy) is 1. The number of thiophene rings is 1. The second-order valence-corrected chi connectivity index (χ2v) is 7.66. The van der Waals surface area contributed by atoms with Crippen molar-refractivity contribution in [2.45, 2.75) is 25.9 Å². The molecule has 3 heterocycles. The minimum atomic E-state index is -0.571. The fourth-order valence-electron chi connectivity index (χ4n) is 3.05. The van der Waals surface area contributed by atoms with E-state index in [1.54, 1.807) is 18.4 Å². The summed E-state index contributed by atoms with van der Waals surface area (Å²) in [4.78, 5) is 41.2. The molecule has 30 heavy (non-hydrogen) atoms. The van der Waals surface area contributed by atoms with Crippen LogP contribution in [0.4, 0.5) is 0 Å². The van der Waals surface area contributed by atoms with Crippen LogP contribution in [-0.2, 0) is 20.9 Å². The summed E-state index contributed by atoms with van der Waals surface area (Å²) in [5.74, 6) is -0.389. The summed E-state index contributed by atoms with van der Waals surface area (Å²) in [7, 11) is 0. The van der Waals surface area contributed by atoms with Gasteiger partial charge in [0.15, 0.2) is 6.61 Å². The minimum absolute atomic E-state index is 0.0381. The lowest BCUT2D eigenvalue weighted by Crippen LogP contribution is -2.31. The van der Waals surface area contributed by atoms with Crippen molar-refractivity contribution in [2.75, 3.05) is 6.61 Å². The predicted molar refractivity (Wildman–Crippen MR) is 112 cm³/mol. The maximum Gasteiger partial charge on any atom is 0.308 e. The Morgan fingerprint density at radius 2 is 2.13 bits per heavy atom. The van der Waals surface area contributed by atoms with Gasteiger partial charge in [0, 0.05) is 11.9 Å². The van der Waals surface area contributed by atoms with Crippen LogP contribution in [0.25, 0.3) is 21.2 Å². The largest absolute Gasteiger partial charge is 0.459 e. The minimum Gasteiger partial charge on any atom is -0.459 e. The van der Waals surface area contributed by atoms with Crippen LogP contribution in [0.3, 0.4) is 0 Å². The number of esters is 1. The highest BCUT2D eigenvalue weighted by atomic mass is 32.1. The predicted octanol–water partition coefficient (Wildman–Crippen LogP) is 3.01. The molecule has 1 amide bonds. The maximum absolute atomic E-state index is 12.3. The molecular weight excluding hydrogens is 406 g/mol. The normalized spacial score (nSPS) is 12.2. The first-order valence-electron chi connectivity index (χ1n) is 9.37. The van der Waals surface area contributed by atoms with Gasteiger partial charge in [-0.2, -0.15) is 0 Å². The van der Waals surface area contributed by atoms with Gasteiger partial charge in [0.25, 0.3) is 11.5 Å². The molecule has 0 saturated heterocycles. The summed E-state index contributed by atoms with van der Waals surface area (Å²) in [5, 5.41) is 6.01. The molecule has 0 aliphatic carbocycles. The Balaban J connectivity index is 1.26. The van der Waals surface area contributed by atoms with Crippen molar-refractivity contribution in [3.05, 3.63) is 64.2 Å². The first-order valence-corrected chi connectivity index (χ1v) is 10.3. The Kier molecular flexibility index (Phi) is 5.62. The molecule has 1 N–H and O–H groups in total. The number of hydrogen-bond acceptors (Lipinski definition) is 7. The van der Waals surface area contributed by atoms with E-state index in [0.717, 1.165) is 11.0 Å². The van der Waals surface area contributed by atoms with Crippen LogP contribution >= 0.6 is 11.3 Å². The Morgan fingerprint density at radius 3 is 2.97 bits per heavy atom. The molecule has 0 radical (unpaired) electrons. The van der Waals surface area contributed by atoms with Gasteiger partial charge in [-0.25, -0.2) is 4.98 Å². The summed E-state index contributed by atoms with van der Waals surface area (Å²) < 4.78 is 12.1. The number of benzene rings is 1. The van der Waals surface area contributed by atoms with E-state index in [1.165, 1.54) is 22.2 Å². The molecule has 8 nitrogen and oxygen atoms in total. The smallest absolute Gasteiger partial charge is 0.308 e. The van der Waals surface area contributed by atoms with Gasteiger partial charge in [-0.05, 0) is 30.5 Å². The van der Waals surface area contributed by atoms with Crippen molar-refractivity contribution in [3.63, 3.8) is 0 Å². The SMILES string of the molecule is C[C@H](NC(=O)COC(=O)CCn1cnc2sccc2c1=O)c1cc2ccccc2o1. The van der Waals surface area contributed by atoms with Crippen LogP contribution in [0.2, 0.25) is 0 Å². The molecule has 0 saturated carbocycles. The van der Waals surface area contributed by atoms with Crippen LogP contribution in [-0.4, -0.2) is 28.0 Å². The number of furan rings is 1. The summed E-state index contributed by atoms with van der Waals surface area (Å²) in [6.45, 7) is 1.52. The molecule has 4 rings (SSSR count). The fraction of sp³-hybridized carbons (Fsp3) is 0.238. The van der Waals surface area contributed by atoms with Crippen molar-refractivity contribution in [2.24, 2.45) is 0 Å². The van der Waals surface area contributed by atoms with Gasteiger partial charge >= 0.3 is 5.97 Å². The van der Waals surface area contributed by atoms with Crippen molar-refractivity contribution in [1.29, 1.82) is 0 Å².